The van der Waals surface area contributed by atoms with E-state index < -0.39 is 23.6 Å². The van der Waals surface area contributed by atoms with Gasteiger partial charge in [0, 0.05) is 18.7 Å². The number of halogens is 3. The Labute approximate surface area is 155 Å². The summed E-state index contributed by atoms with van der Waals surface area (Å²) in [5, 5.41) is 2.34. The summed E-state index contributed by atoms with van der Waals surface area (Å²) in [4.78, 5) is 26.4. The number of hydrogen-bond donors (Lipinski definition) is 1. The van der Waals surface area contributed by atoms with Gasteiger partial charge in [-0.05, 0) is 43.2 Å². The van der Waals surface area contributed by atoms with Gasteiger partial charge >= 0.3 is 6.18 Å². The highest BCUT2D eigenvalue weighted by atomic mass is 19.4. The van der Waals surface area contributed by atoms with Crippen LogP contribution in [-0.2, 0) is 15.8 Å². The zero-order valence-corrected chi connectivity index (χ0v) is 14.9. The van der Waals surface area contributed by atoms with E-state index >= 15 is 0 Å². The van der Waals surface area contributed by atoms with E-state index in [0.29, 0.717) is 0 Å². The summed E-state index contributed by atoms with van der Waals surface area (Å²) >= 11 is 0. The van der Waals surface area contributed by atoms with E-state index in [-0.39, 0.29) is 24.6 Å². The lowest BCUT2D eigenvalue weighted by atomic mass is 10.1. The highest BCUT2D eigenvalue weighted by Gasteiger charge is 2.38. The Morgan fingerprint density at radius 3 is 2.52 bits per heavy atom. The lowest BCUT2D eigenvalue weighted by Gasteiger charge is -2.20. The number of nitrogens with one attached hydrogen (secondary N) is 1. The Kier molecular flexibility index (Phi) is 4.95. The van der Waals surface area contributed by atoms with E-state index in [1.165, 1.54) is 23.1 Å². The molecule has 1 unspecified atom stereocenters. The maximum Gasteiger partial charge on any atom is 0.418 e. The van der Waals surface area contributed by atoms with E-state index in [9.17, 15) is 22.8 Å². The molecule has 1 aliphatic heterocycles. The number of anilines is 2. The number of nitrogens with zero attached hydrogens (tertiary/aromatic N) is 1. The van der Waals surface area contributed by atoms with Crippen molar-refractivity contribution in [1.82, 2.24) is 0 Å². The molecule has 1 heterocycles. The van der Waals surface area contributed by atoms with Crippen LogP contribution < -0.4 is 10.2 Å². The molecule has 0 bridgehead atoms. The third kappa shape index (κ3) is 3.82. The number of hydrogen-bond acceptors (Lipinski definition) is 2. The number of alkyl halides is 3. The van der Waals surface area contributed by atoms with Crippen molar-refractivity contribution in [3.05, 3.63) is 59.2 Å². The van der Waals surface area contributed by atoms with Crippen LogP contribution in [0, 0.1) is 19.8 Å². The van der Waals surface area contributed by atoms with Crippen molar-refractivity contribution in [3.63, 3.8) is 0 Å². The normalized spacial score (nSPS) is 17.3. The van der Waals surface area contributed by atoms with Gasteiger partial charge in [-0.1, -0.05) is 24.3 Å². The molecule has 7 heteroatoms. The van der Waals surface area contributed by atoms with Crippen molar-refractivity contribution in [2.75, 3.05) is 16.8 Å². The number of carbonyl (C=O) groups is 2. The number of carbonyl (C=O) groups excluding carboxylic acids is 2. The van der Waals surface area contributed by atoms with Crippen LogP contribution in [0.1, 0.15) is 23.1 Å². The Balaban J connectivity index is 1.78. The molecule has 27 heavy (non-hydrogen) atoms. The summed E-state index contributed by atoms with van der Waals surface area (Å²) in [5.74, 6) is -1.51. The average molecular weight is 376 g/mol. The molecule has 142 valence electrons. The van der Waals surface area contributed by atoms with Crippen molar-refractivity contribution >= 4 is 23.2 Å². The fourth-order valence-electron chi connectivity index (χ4n) is 3.22. The number of benzene rings is 2. The predicted molar refractivity (Wildman–Crippen MR) is 96.4 cm³/mol. The molecule has 0 saturated carbocycles. The first-order valence-corrected chi connectivity index (χ1v) is 8.52. The van der Waals surface area contributed by atoms with Gasteiger partial charge in [0.1, 0.15) is 0 Å². The van der Waals surface area contributed by atoms with E-state index in [2.05, 4.69) is 5.32 Å². The van der Waals surface area contributed by atoms with Crippen LogP contribution in [0.5, 0.6) is 0 Å². The molecule has 2 aromatic carbocycles. The second-order valence-electron chi connectivity index (χ2n) is 6.66. The van der Waals surface area contributed by atoms with E-state index in [1.54, 1.807) is 6.07 Å². The van der Waals surface area contributed by atoms with Crippen LogP contribution in [0.3, 0.4) is 0 Å². The van der Waals surface area contributed by atoms with Crippen LogP contribution >= 0.6 is 0 Å². The molecule has 1 saturated heterocycles. The third-order valence-corrected chi connectivity index (χ3v) is 4.85. The number of rotatable bonds is 3. The van der Waals surface area contributed by atoms with Gasteiger partial charge in [0.2, 0.25) is 11.8 Å². The van der Waals surface area contributed by atoms with E-state index in [4.69, 9.17) is 0 Å². The topological polar surface area (TPSA) is 49.4 Å². The van der Waals surface area contributed by atoms with Gasteiger partial charge in [-0.2, -0.15) is 13.2 Å². The van der Waals surface area contributed by atoms with E-state index in [1.807, 2.05) is 26.0 Å². The molecule has 1 aliphatic rings. The zero-order valence-electron chi connectivity index (χ0n) is 14.9. The fraction of sp³-hybridized carbons (Fsp3) is 0.300. The summed E-state index contributed by atoms with van der Waals surface area (Å²) in [6, 6.07) is 10.4. The quantitative estimate of drug-likeness (QED) is 0.868. The van der Waals surface area contributed by atoms with Gasteiger partial charge in [-0.15, -0.1) is 0 Å². The minimum atomic E-state index is -4.57. The van der Waals surface area contributed by atoms with Crippen molar-refractivity contribution < 1.29 is 22.8 Å². The third-order valence-electron chi connectivity index (χ3n) is 4.85. The number of aryl methyl sites for hydroxylation is 1. The number of amides is 2. The minimum Gasteiger partial charge on any atom is -0.325 e. The van der Waals surface area contributed by atoms with Crippen LogP contribution in [0.25, 0.3) is 0 Å². The summed E-state index contributed by atoms with van der Waals surface area (Å²) in [6.07, 6.45) is -4.60. The molecule has 0 aromatic heterocycles. The SMILES string of the molecule is Cc1cccc(N2CC(C(=O)Nc3ccccc3C(F)(F)F)CC2=O)c1C. The number of para-hydroxylation sites is 1. The largest absolute Gasteiger partial charge is 0.418 e. The molecule has 2 aromatic rings. The monoisotopic (exact) mass is 376 g/mol. The minimum absolute atomic E-state index is 0.0343. The molecular weight excluding hydrogens is 357 g/mol. The standard InChI is InChI=1S/C20H19F3N2O2/c1-12-6-5-9-17(13(12)2)25-11-14(10-18(25)26)19(27)24-16-8-4-3-7-15(16)20(21,22)23/h3-9,14H,10-11H2,1-2H3,(H,24,27). The van der Waals surface area contributed by atoms with Crippen LogP contribution in [0.4, 0.5) is 24.5 Å². The Morgan fingerprint density at radius 1 is 1.11 bits per heavy atom. The first-order chi connectivity index (χ1) is 12.7. The average Bonchev–Trinajstić information content (AvgIpc) is 2.99. The van der Waals surface area contributed by atoms with Crippen molar-refractivity contribution in [2.45, 2.75) is 26.4 Å². The van der Waals surface area contributed by atoms with Gasteiger partial charge < -0.3 is 10.2 Å². The Morgan fingerprint density at radius 2 is 1.81 bits per heavy atom. The molecule has 1 fully saturated rings. The maximum atomic E-state index is 13.1. The lowest BCUT2D eigenvalue weighted by Crippen LogP contribution is -2.29. The molecule has 1 atom stereocenters. The van der Waals surface area contributed by atoms with Crippen LogP contribution in [0.2, 0.25) is 0 Å². The van der Waals surface area contributed by atoms with Gasteiger partial charge in [-0.25, -0.2) is 0 Å². The summed E-state index contributed by atoms with van der Waals surface area (Å²) in [5.41, 5.74) is 1.48. The second kappa shape index (κ2) is 7.06. The fourth-order valence-corrected chi connectivity index (χ4v) is 3.22. The highest BCUT2D eigenvalue weighted by Crippen LogP contribution is 2.35. The molecule has 2 amide bonds. The zero-order chi connectivity index (χ0) is 19.8. The van der Waals surface area contributed by atoms with Crippen molar-refractivity contribution in [3.8, 4) is 0 Å². The van der Waals surface area contributed by atoms with Gasteiger partial charge in [-0.3, -0.25) is 9.59 Å². The van der Waals surface area contributed by atoms with Gasteiger partial charge in [0.05, 0.1) is 17.2 Å². The second-order valence-corrected chi connectivity index (χ2v) is 6.66. The van der Waals surface area contributed by atoms with Gasteiger partial charge in [0.15, 0.2) is 0 Å². The van der Waals surface area contributed by atoms with Crippen LogP contribution in [-0.4, -0.2) is 18.4 Å². The lowest BCUT2D eigenvalue weighted by molar-refractivity contribution is -0.137. The Bertz CT molecular complexity index is 893. The molecule has 1 N–H and O–H groups in total. The molecule has 0 spiro atoms. The first-order valence-electron chi connectivity index (χ1n) is 8.52. The molecular formula is C20H19F3N2O2. The maximum absolute atomic E-state index is 13.1. The molecule has 0 radical (unpaired) electrons. The Hall–Kier alpha value is -2.83. The molecule has 3 rings (SSSR count). The molecule has 0 aliphatic carbocycles. The van der Waals surface area contributed by atoms with Gasteiger partial charge in [0.25, 0.3) is 0 Å². The van der Waals surface area contributed by atoms with E-state index in [0.717, 1.165) is 22.9 Å². The smallest absolute Gasteiger partial charge is 0.325 e. The highest BCUT2D eigenvalue weighted by molar-refractivity contribution is 6.04. The summed E-state index contributed by atoms with van der Waals surface area (Å²) in [7, 11) is 0. The first kappa shape index (κ1) is 18.9. The summed E-state index contributed by atoms with van der Waals surface area (Å²) in [6.45, 7) is 3.96. The predicted octanol–water partition coefficient (Wildman–Crippen LogP) is 4.31. The van der Waals surface area contributed by atoms with Crippen molar-refractivity contribution in [1.29, 1.82) is 0 Å². The summed E-state index contributed by atoms with van der Waals surface area (Å²) < 4.78 is 39.3. The molecule has 4 nitrogen and oxygen atoms in total. The van der Waals surface area contributed by atoms with Crippen molar-refractivity contribution in [2.24, 2.45) is 5.92 Å². The van der Waals surface area contributed by atoms with Crippen LogP contribution in [0.15, 0.2) is 42.5 Å².